The number of imidazole rings is 2. The second-order valence-electron chi connectivity index (χ2n) is 13.5. The number of fused-ring (bicyclic) bond motifs is 2. The fourth-order valence-electron chi connectivity index (χ4n) is 7.40. The van der Waals surface area contributed by atoms with Crippen LogP contribution in [0.3, 0.4) is 0 Å². The second-order valence-corrected chi connectivity index (χ2v) is 16.2. The monoisotopic (exact) mass is 858 g/mol. The van der Waals surface area contributed by atoms with Gasteiger partial charge in [-0.3, -0.25) is 4.57 Å². The molecule has 8 rings (SSSR count). The maximum absolute atomic E-state index is 12.5. The minimum Gasteiger partial charge on any atom is -0.377 e. The van der Waals surface area contributed by atoms with Gasteiger partial charge in [-0.1, -0.05) is 46.4 Å². The molecule has 0 saturated carbocycles. The van der Waals surface area contributed by atoms with Crippen molar-refractivity contribution in [2.75, 3.05) is 62.5 Å². The molecular formula is C38H39Cl4N8O5P. The van der Waals surface area contributed by atoms with Crippen molar-refractivity contribution >= 4 is 88.1 Å². The maximum Gasteiger partial charge on any atom is 0.319 e. The van der Waals surface area contributed by atoms with Gasteiger partial charge in [0.1, 0.15) is 11.6 Å². The summed E-state index contributed by atoms with van der Waals surface area (Å²) in [7, 11) is -2.71. The Morgan fingerprint density at radius 2 is 1.12 bits per heavy atom. The maximum atomic E-state index is 12.5. The van der Waals surface area contributed by atoms with Crippen LogP contribution in [0, 0.1) is 0 Å². The van der Waals surface area contributed by atoms with Gasteiger partial charge < -0.3 is 37.5 Å². The van der Waals surface area contributed by atoms with E-state index in [2.05, 4.69) is 19.8 Å². The first-order chi connectivity index (χ1) is 27.4. The minimum atomic E-state index is -2.71. The van der Waals surface area contributed by atoms with E-state index in [0.29, 0.717) is 44.3 Å². The van der Waals surface area contributed by atoms with E-state index in [1.165, 1.54) is 0 Å². The van der Waals surface area contributed by atoms with Crippen molar-refractivity contribution in [1.82, 2.24) is 29.1 Å². The van der Waals surface area contributed by atoms with Crippen LogP contribution in [-0.4, -0.2) is 93.9 Å². The average molecular weight is 861 g/mol. The molecule has 0 aliphatic carbocycles. The van der Waals surface area contributed by atoms with E-state index in [-0.39, 0.29) is 38.5 Å². The number of aromatic nitrogens is 6. The molecule has 18 heteroatoms. The van der Waals surface area contributed by atoms with Gasteiger partial charge in [0.25, 0.3) is 0 Å². The summed E-state index contributed by atoms with van der Waals surface area (Å²) in [6.45, 7) is 3.40. The van der Waals surface area contributed by atoms with E-state index < -0.39 is 8.25 Å². The number of hydrogen-bond donors (Lipinski definition) is 0. The van der Waals surface area contributed by atoms with Crippen LogP contribution < -0.4 is 9.80 Å². The van der Waals surface area contributed by atoms with E-state index >= 15 is 0 Å². The summed E-state index contributed by atoms with van der Waals surface area (Å²) in [6.07, 6.45) is 14.6. The standard InChI is InChI=1S/C38H39Cl4N8O5P/c39-29-7-5-27-31(47-13-9-43-23-47)19-33(45-37(27)35(29)41)49-11-1-3-25(49)21-52-15-17-54-56(51)55-18-16-53-22-26-4-2-12-50(26)34-20-32(48-14-10-44-24-48)28-6-8-30(40)36(42)38(28)46-34/h5-10,13-14,19-20,23-26,56H,1-4,11-12,15-18,21-22H2/t25-,26-/m0/s1. The van der Waals surface area contributed by atoms with Gasteiger partial charge in [-0.15, -0.1) is 0 Å². The van der Waals surface area contributed by atoms with Crippen molar-refractivity contribution in [3.05, 3.63) is 93.9 Å². The largest absolute Gasteiger partial charge is 0.377 e. The molecular weight excluding hydrogens is 821 g/mol. The Bertz CT molecular complexity index is 2160. The van der Waals surface area contributed by atoms with Crippen LogP contribution in [0.25, 0.3) is 33.2 Å². The van der Waals surface area contributed by atoms with Crippen LogP contribution in [0.5, 0.6) is 0 Å². The number of hydrogen-bond acceptors (Lipinski definition) is 11. The third-order valence-corrected chi connectivity index (χ3v) is 12.6. The highest BCUT2D eigenvalue weighted by molar-refractivity contribution is 7.33. The molecule has 0 unspecified atom stereocenters. The van der Waals surface area contributed by atoms with E-state index in [0.717, 1.165) is 72.6 Å². The normalized spacial score (nSPS) is 17.4. The van der Waals surface area contributed by atoms with E-state index in [4.69, 9.17) is 74.9 Å². The Morgan fingerprint density at radius 1 is 0.661 bits per heavy atom. The summed E-state index contributed by atoms with van der Waals surface area (Å²) in [6, 6.07) is 11.7. The van der Waals surface area contributed by atoms with Crippen LogP contribution in [0.4, 0.5) is 11.6 Å². The van der Waals surface area contributed by atoms with E-state index in [1.807, 2.05) is 45.8 Å². The summed E-state index contributed by atoms with van der Waals surface area (Å²) in [5, 5.41) is 3.47. The van der Waals surface area contributed by atoms with Crippen molar-refractivity contribution in [2.24, 2.45) is 0 Å². The van der Waals surface area contributed by atoms with Crippen molar-refractivity contribution in [3.8, 4) is 11.4 Å². The first-order valence-corrected chi connectivity index (χ1v) is 21.1. The number of rotatable bonds is 16. The van der Waals surface area contributed by atoms with Gasteiger partial charge in [0.2, 0.25) is 0 Å². The molecule has 4 aromatic heterocycles. The molecule has 2 fully saturated rings. The van der Waals surface area contributed by atoms with Crippen LogP contribution in [0.15, 0.2) is 73.8 Å². The van der Waals surface area contributed by atoms with Gasteiger partial charge in [-0.2, -0.15) is 0 Å². The molecule has 6 aromatic rings. The van der Waals surface area contributed by atoms with Gasteiger partial charge in [-0.05, 0) is 49.9 Å². The van der Waals surface area contributed by atoms with Crippen molar-refractivity contribution in [1.29, 1.82) is 0 Å². The van der Waals surface area contributed by atoms with Crippen molar-refractivity contribution in [2.45, 2.75) is 37.8 Å². The fraction of sp³-hybridized carbons (Fsp3) is 0.368. The van der Waals surface area contributed by atoms with Gasteiger partial charge in [0.15, 0.2) is 0 Å². The molecule has 294 valence electrons. The summed E-state index contributed by atoms with van der Waals surface area (Å²) in [5.41, 5.74) is 3.08. The van der Waals surface area contributed by atoms with Crippen LogP contribution >= 0.6 is 54.7 Å². The highest BCUT2D eigenvalue weighted by atomic mass is 35.5. The molecule has 13 nitrogen and oxygen atoms in total. The summed E-state index contributed by atoms with van der Waals surface area (Å²) in [5.74, 6) is 1.57. The highest BCUT2D eigenvalue weighted by Crippen LogP contribution is 2.38. The predicted octanol–water partition coefficient (Wildman–Crippen LogP) is 8.86. The minimum absolute atomic E-state index is 0.0989. The summed E-state index contributed by atoms with van der Waals surface area (Å²) >= 11 is 26.0. The highest BCUT2D eigenvalue weighted by Gasteiger charge is 2.29. The second kappa shape index (κ2) is 18.0. The number of halogens is 4. The number of benzene rings is 2. The number of pyridine rings is 2. The zero-order chi connectivity index (χ0) is 38.6. The zero-order valence-corrected chi connectivity index (χ0v) is 34.2. The Labute approximate surface area is 344 Å². The van der Waals surface area contributed by atoms with Gasteiger partial charge >= 0.3 is 8.25 Å². The number of ether oxygens (including phenoxy) is 2. The predicted molar refractivity (Wildman–Crippen MR) is 221 cm³/mol. The van der Waals surface area contributed by atoms with Gasteiger partial charge in [0.05, 0.1) is 107 Å². The Balaban J connectivity index is 0.784. The molecule has 0 bridgehead atoms. The third-order valence-electron chi connectivity index (χ3n) is 10.1. The Kier molecular flexibility index (Phi) is 12.6. The quantitative estimate of drug-likeness (QED) is 0.0686. The number of nitrogens with zero attached hydrogens (tertiary/aromatic N) is 8. The molecule has 0 radical (unpaired) electrons. The molecule has 2 aliphatic rings. The first kappa shape index (κ1) is 39.3. The third kappa shape index (κ3) is 8.53. The first-order valence-electron chi connectivity index (χ1n) is 18.4. The summed E-state index contributed by atoms with van der Waals surface area (Å²) < 4.78 is 39.2. The smallest absolute Gasteiger partial charge is 0.319 e. The molecule has 2 aromatic carbocycles. The molecule has 56 heavy (non-hydrogen) atoms. The molecule has 0 spiro atoms. The molecule has 2 saturated heterocycles. The molecule has 6 heterocycles. The fourth-order valence-corrected chi connectivity index (χ4v) is 8.70. The van der Waals surface area contributed by atoms with Crippen molar-refractivity contribution < 1.29 is 23.1 Å². The lowest BCUT2D eigenvalue weighted by Crippen LogP contribution is -2.34. The lowest BCUT2D eigenvalue weighted by molar-refractivity contribution is 0.0724. The van der Waals surface area contributed by atoms with Crippen LogP contribution in [0.2, 0.25) is 20.1 Å². The molecule has 0 N–H and O–H groups in total. The van der Waals surface area contributed by atoms with E-state index in [9.17, 15) is 4.57 Å². The van der Waals surface area contributed by atoms with E-state index in [1.54, 1.807) is 37.2 Å². The zero-order valence-electron chi connectivity index (χ0n) is 30.2. The average Bonchev–Trinajstić information content (AvgIpc) is 4.06. The van der Waals surface area contributed by atoms with Crippen LogP contribution in [-0.2, 0) is 23.1 Å². The van der Waals surface area contributed by atoms with Gasteiger partial charge in [-0.25, -0.2) is 19.9 Å². The Hall–Kier alpha value is -3.49. The molecule has 2 atom stereocenters. The molecule has 2 aliphatic heterocycles. The van der Waals surface area contributed by atoms with Gasteiger partial charge in [0, 0.05) is 60.8 Å². The van der Waals surface area contributed by atoms with Crippen LogP contribution in [0.1, 0.15) is 25.7 Å². The topological polar surface area (TPSA) is 122 Å². The molecule has 0 amide bonds. The Morgan fingerprint density at radius 3 is 1.55 bits per heavy atom. The lowest BCUT2D eigenvalue weighted by Gasteiger charge is -2.27. The lowest BCUT2D eigenvalue weighted by atomic mass is 10.1. The summed E-state index contributed by atoms with van der Waals surface area (Å²) in [4.78, 5) is 22.8. The van der Waals surface area contributed by atoms with Crippen molar-refractivity contribution in [3.63, 3.8) is 0 Å². The number of anilines is 2. The SMILES string of the molecule is O=[PH](OCCOC[C@@H]1CCCN1c1cc(-n2ccnc2)c2ccc(Cl)c(Cl)c2n1)OCCOC[C@@H]1CCCN1c1cc(-n2ccnc2)c2ccc(Cl)c(Cl)c2n1.